The Morgan fingerprint density at radius 1 is 1.27 bits per heavy atom. The van der Waals surface area contributed by atoms with Gasteiger partial charge in [0.25, 0.3) is 0 Å². The molecule has 0 saturated heterocycles. The number of nitrogen functional groups attached to an aromatic ring is 1. The van der Waals surface area contributed by atoms with E-state index in [4.69, 9.17) is 20.3 Å². The van der Waals surface area contributed by atoms with E-state index in [0.717, 1.165) is 5.69 Å². The van der Waals surface area contributed by atoms with Crippen LogP contribution in [0.25, 0.3) is 0 Å². The maximum absolute atomic E-state index is 8.69. The molecule has 0 saturated carbocycles. The van der Waals surface area contributed by atoms with Crippen molar-refractivity contribution in [3.8, 4) is 11.5 Å². The lowest BCUT2D eigenvalue weighted by atomic mass is 10.2. The minimum Gasteiger partial charge on any atom is -0.493 e. The largest absolute Gasteiger partial charge is 0.493 e. The zero-order valence-corrected chi connectivity index (χ0v) is 8.91. The van der Waals surface area contributed by atoms with Crippen LogP contribution in [0.2, 0.25) is 0 Å². The number of anilines is 2. The van der Waals surface area contributed by atoms with Crippen LogP contribution < -0.4 is 20.5 Å². The molecule has 0 aromatic heterocycles. The number of benzene rings is 1. The molecular weight excluding hydrogens is 196 g/mol. The predicted octanol–water partition coefficient (Wildman–Crippen LogP) is 0.690. The first-order chi connectivity index (χ1) is 7.22. The Balaban J connectivity index is 2.97. The number of aliphatic hydroxyl groups is 1. The summed E-state index contributed by atoms with van der Waals surface area (Å²) in [5, 5.41) is 11.7. The number of aliphatic hydroxyl groups excluding tert-OH is 1. The molecule has 0 atom stereocenters. The van der Waals surface area contributed by atoms with E-state index in [1.807, 2.05) is 0 Å². The Morgan fingerprint density at radius 2 is 1.87 bits per heavy atom. The van der Waals surface area contributed by atoms with Crippen molar-refractivity contribution in [3.63, 3.8) is 0 Å². The van der Waals surface area contributed by atoms with Crippen LogP contribution in [0.15, 0.2) is 12.1 Å². The zero-order valence-electron chi connectivity index (χ0n) is 8.91. The minimum absolute atomic E-state index is 0.0494. The van der Waals surface area contributed by atoms with Gasteiger partial charge in [0.05, 0.1) is 32.2 Å². The van der Waals surface area contributed by atoms with E-state index >= 15 is 0 Å². The highest BCUT2D eigenvalue weighted by atomic mass is 16.5. The van der Waals surface area contributed by atoms with Crippen molar-refractivity contribution in [1.29, 1.82) is 0 Å². The second-order valence-electron chi connectivity index (χ2n) is 2.94. The number of rotatable bonds is 5. The third kappa shape index (κ3) is 2.66. The van der Waals surface area contributed by atoms with Crippen molar-refractivity contribution in [2.75, 3.05) is 38.4 Å². The van der Waals surface area contributed by atoms with Gasteiger partial charge in [-0.2, -0.15) is 0 Å². The van der Waals surface area contributed by atoms with Gasteiger partial charge in [0.1, 0.15) is 0 Å². The number of ether oxygens (including phenoxy) is 2. The average molecular weight is 212 g/mol. The quantitative estimate of drug-likeness (QED) is 0.626. The van der Waals surface area contributed by atoms with E-state index in [0.29, 0.717) is 23.7 Å². The van der Waals surface area contributed by atoms with E-state index in [-0.39, 0.29) is 6.61 Å². The van der Waals surface area contributed by atoms with Crippen LogP contribution >= 0.6 is 0 Å². The third-order valence-electron chi connectivity index (χ3n) is 1.98. The highest BCUT2D eigenvalue weighted by molar-refractivity contribution is 5.71. The molecule has 0 radical (unpaired) electrons. The molecule has 0 bridgehead atoms. The molecule has 5 nitrogen and oxygen atoms in total. The molecule has 1 aromatic carbocycles. The van der Waals surface area contributed by atoms with Crippen molar-refractivity contribution in [2.45, 2.75) is 0 Å². The molecular formula is C10H16N2O3. The summed E-state index contributed by atoms with van der Waals surface area (Å²) in [7, 11) is 3.11. The summed E-state index contributed by atoms with van der Waals surface area (Å²) in [6.45, 7) is 0.494. The Kier molecular flexibility index (Phi) is 4.05. The molecule has 1 rings (SSSR count). The number of methoxy groups -OCH3 is 2. The normalized spacial score (nSPS) is 9.80. The summed E-state index contributed by atoms with van der Waals surface area (Å²) in [4.78, 5) is 0. The fraction of sp³-hybridized carbons (Fsp3) is 0.400. The average Bonchev–Trinajstić information content (AvgIpc) is 2.27. The van der Waals surface area contributed by atoms with Crippen LogP contribution in [0, 0.1) is 0 Å². The topological polar surface area (TPSA) is 76.7 Å². The second-order valence-corrected chi connectivity index (χ2v) is 2.94. The number of hydrogen-bond donors (Lipinski definition) is 3. The number of nitrogens with two attached hydrogens (primary N) is 1. The summed E-state index contributed by atoms with van der Waals surface area (Å²) >= 11 is 0. The van der Waals surface area contributed by atoms with E-state index in [1.165, 1.54) is 0 Å². The molecule has 4 N–H and O–H groups in total. The molecule has 15 heavy (non-hydrogen) atoms. The van der Waals surface area contributed by atoms with E-state index in [1.54, 1.807) is 26.4 Å². The predicted molar refractivity (Wildman–Crippen MR) is 59.5 cm³/mol. The maximum atomic E-state index is 8.69. The molecule has 1 aromatic rings. The van der Waals surface area contributed by atoms with Gasteiger partial charge in [-0.3, -0.25) is 0 Å². The summed E-state index contributed by atoms with van der Waals surface area (Å²) in [6.07, 6.45) is 0. The molecule has 0 heterocycles. The van der Waals surface area contributed by atoms with E-state index in [2.05, 4.69) is 5.32 Å². The van der Waals surface area contributed by atoms with Crippen LogP contribution in [0.4, 0.5) is 11.4 Å². The van der Waals surface area contributed by atoms with Crippen molar-refractivity contribution >= 4 is 11.4 Å². The van der Waals surface area contributed by atoms with Crippen LogP contribution in [0.1, 0.15) is 0 Å². The molecule has 84 valence electrons. The highest BCUT2D eigenvalue weighted by Crippen LogP contribution is 2.34. The third-order valence-corrected chi connectivity index (χ3v) is 1.98. The molecule has 0 unspecified atom stereocenters. The van der Waals surface area contributed by atoms with Crippen molar-refractivity contribution in [2.24, 2.45) is 0 Å². The minimum atomic E-state index is 0.0494. The lowest BCUT2D eigenvalue weighted by Crippen LogP contribution is -2.08. The lowest BCUT2D eigenvalue weighted by Gasteiger charge is -2.13. The van der Waals surface area contributed by atoms with Crippen LogP contribution in [-0.4, -0.2) is 32.5 Å². The van der Waals surface area contributed by atoms with Gasteiger partial charge in [-0.1, -0.05) is 0 Å². The van der Waals surface area contributed by atoms with Gasteiger partial charge >= 0.3 is 0 Å². The zero-order chi connectivity index (χ0) is 11.3. The molecule has 0 aliphatic rings. The fourth-order valence-electron chi connectivity index (χ4n) is 1.24. The van der Waals surface area contributed by atoms with Gasteiger partial charge in [0, 0.05) is 18.7 Å². The number of nitrogens with one attached hydrogen (secondary N) is 1. The fourth-order valence-corrected chi connectivity index (χ4v) is 1.24. The Hall–Kier alpha value is -1.62. The molecule has 0 fully saturated rings. The summed E-state index contributed by atoms with van der Waals surface area (Å²) in [5.41, 5.74) is 7.06. The van der Waals surface area contributed by atoms with Crippen LogP contribution in [0.5, 0.6) is 11.5 Å². The Morgan fingerprint density at radius 3 is 2.40 bits per heavy atom. The molecule has 0 aliphatic carbocycles. The highest BCUT2D eigenvalue weighted by Gasteiger charge is 2.08. The second kappa shape index (κ2) is 5.31. The van der Waals surface area contributed by atoms with Gasteiger partial charge < -0.3 is 25.6 Å². The Bertz CT molecular complexity index is 329. The van der Waals surface area contributed by atoms with Gasteiger partial charge in [0.2, 0.25) is 0 Å². The smallest absolute Gasteiger partial charge is 0.162 e. The number of hydrogen-bond acceptors (Lipinski definition) is 5. The summed E-state index contributed by atoms with van der Waals surface area (Å²) < 4.78 is 10.2. The SMILES string of the molecule is COc1cc(N)c(NCCO)cc1OC. The van der Waals surface area contributed by atoms with Crippen molar-refractivity contribution < 1.29 is 14.6 Å². The van der Waals surface area contributed by atoms with Crippen LogP contribution in [-0.2, 0) is 0 Å². The van der Waals surface area contributed by atoms with E-state index < -0.39 is 0 Å². The molecule has 5 heteroatoms. The van der Waals surface area contributed by atoms with Gasteiger partial charge in [0.15, 0.2) is 11.5 Å². The summed E-state index contributed by atoms with van der Waals surface area (Å²) in [6, 6.07) is 3.42. The van der Waals surface area contributed by atoms with Gasteiger partial charge in [-0.25, -0.2) is 0 Å². The van der Waals surface area contributed by atoms with E-state index in [9.17, 15) is 0 Å². The standard InChI is InChI=1S/C10H16N2O3/c1-14-9-5-7(11)8(12-3-4-13)6-10(9)15-2/h5-6,12-13H,3-4,11H2,1-2H3. The first-order valence-corrected chi connectivity index (χ1v) is 4.59. The van der Waals surface area contributed by atoms with Gasteiger partial charge in [-0.05, 0) is 0 Å². The van der Waals surface area contributed by atoms with Crippen molar-refractivity contribution in [3.05, 3.63) is 12.1 Å². The van der Waals surface area contributed by atoms with Gasteiger partial charge in [-0.15, -0.1) is 0 Å². The lowest BCUT2D eigenvalue weighted by molar-refractivity contribution is 0.311. The summed E-state index contributed by atoms with van der Waals surface area (Å²) in [5.74, 6) is 1.19. The molecule has 0 aliphatic heterocycles. The monoisotopic (exact) mass is 212 g/mol. The maximum Gasteiger partial charge on any atom is 0.162 e. The first-order valence-electron chi connectivity index (χ1n) is 4.59. The van der Waals surface area contributed by atoms with Crippen LogP contribution in [0.3, 0.4) is 0 Å². The molecule has 0 spiro atoms. The molecule has 0 amide bonds. The van der Waals surface area contributed by atoms with Crippen molar-refractivity contribution in [1.82, 2.24) is 0 Å². The Labute approximate surface area is 88.8 Å². The first kappa shape index (κ1) is 11.5.